The fourth-order valence-corrected chi connectivity index (χ4v) is 1.84. The molecule has 16 heavy (non-hydrogen) atoms. The van der Waals surface area contributed by atoms with E-state index in [1.165, 1.54) is 32.8 Å². The van der Waals surface area contributed by atoms with Crippen molar-refractivity contribution in [3.05, 3.63) is 0 Å². The maximum atomic E-state index is 10.9. The number of ether oxygens (including phenoxy) is 1. The van der Waals surface area contributed by atoms with Crippen LogP contribution in [0.3, 0.4) is 0 Å². The number of aliphatic imine (C=N–C) groups is 1. The highest BCUT2D eigenvalue weighted by molar-refractivity contribution is 5.80. The van der Waals surface area contributed by atoms with Gasteiger partial charge in [-0.15, -0.1) is 0 Å². The second-order valence-electron chi connectivity index (χ2n) is 3.95. The van der Waals surface area contributed by atoms with Gasteiger partial charge in [-0.1, -0.05) is 12.8 Å². The average molecular weight is 227 g/mol. The summed E-state index contributed by atoms with van der Waals surface area (Å²) in [5.41, 5.74) is 0. The monoisotopic (exact) mass is 227 g/mol. The van der Waals surface area contributed by atoms with E-state index in [2.05, 4.69) is 20.4 Å². The van der Waals surface area contributed by atoms with Crippen LogP contribution in [0.5, 0.6) is 0 Å². The van der Waals surface area contributed by atoms with Crippen LogP contribution in [0.25, 0.3) is 0 Å². The van der Waals surface area contributed by atoms with E-state index in [-0.39, 0.29) is 5.97 Å². The van der Waals surface area contributed by atoms with Gasteiger partial charge in [0, 0.05) is 19.6 Å². The van der Waals surface area contributed by atoms with Crippen molar-refractivity contribution in [1.29, 1.82) is 0 Å². The molecule has 1 saturated carbocycles. The molecule has 1 rings (SSSR count). The molecule has 0 atom stereocenters. The molecule has 5 nitrogen and oxygen atoms in total. The van der Waals surface area contributed by atoms with Crippen molar-refractivity contribution in [2.24, 2.45) is 4.99 Å². The van der Waals surface area contributed by atoms with Gasteiger partial charge in [0.1, 0.15) is 0 Å². The second-order valence-corrected chi connectivity index (χ2v) is 3.95. The zero-order valence-electron chi connectivity index (χ0n) is 10.1. The molecule has 0 bridgehead atoms. The lowest BCUT2D eigenvalue weighted by Crippen LogP contribution is -2.43. The molecule has 0 aliphatic heterocycles. The van der Waals surface area contributed by atoms with E-state index in [1.807, 2.05) is 0 Å². The Morgan fingerprint density at radius 1 is 1.44 bits per heavy atom. The van der Waals surface area contributed by atoms with E-state index >= 15 is 0 Å². The molecule has 0 heterocycles. The Hall–Kier alpha value is -1.26. The number of esters is 1. The topological polar surface area (TPSA) is 62.7 Å². The number of methoxy groups -OCH3 is 1. The lowest BCUT2D eigenvalue weighted by molar-refractivity contribution is -0.140. The molecule has 0 aromatic rings. The van der Waals surface area contributed by atoms with Crippen LogP contribution >= 0.6 is 0 Å². The molecule has 0 aromatic heterocycles. The molecule has 2 N–H and O–H groups in total. The van der Waals surface area contributed by atoms with Crippen LogP contribution in [0.1, 0.15) is 32.1 Å². The van der Waals surface area contributed by atoms with Crippen molar-refractivity contribution in [3.63, 3.8) is 0 Å². The number of rotatable bonds is 4. The molecule has 0 unspecified atom stereocenters. The first-order valence-electron chi connectivity index (χ1n) is 5.80. The molecule has 1 aliphatic rings. The van der Waals surface area contributed by atoms with Gasteiger partial charge in [0.15, 0.2) is 5.96 Å². The van der Waals surface area contributed by atoms with Crippen molar-refractivity contribution in [3.8, 4) is 0 Å². The molecule has 5 heteroatoms. The molecule has 0 aromatic carbocycles. The van der Waals surface area contributed by atoms with Gasteiger partial charge in [-0.05, 0) is 12.8 Å². The van der Waals surface area contributed by atoms with Gasteiger partial charge in [-0.2, -0.15) is 0 Å². The zero-order chi connectivity index (χ0) is 11.8. The molecule has 0 radical (unpaired) electrons. The molecule has 0 amide bonds. The summed E-state index contributed by atoms with van der Waals surface area (Å²) >= 11 is 0. The van der Waals surface area contributed by atoms with E-state index in [9.17, 15) is 4.79 Å². The summed E-state index contributed by atoms with van der Waals surface area (Å²) in [6.07, 6.45) is 5.35. The SMILES string of the molecule is CN=C(NCCC(=O)OC)NC1CCCC1. The molecule has 1 aliphatic carbocycles. The van der Waals surface area contributed by atoms with Gasteiger partial charge < -0.3 is 15.4 Å². The highest BCUT2D eigenvalue weighted by Crippen LogP contribution is 2.17. The van der Waals surface area contributed by atoms with Gasteiger partial charge in [-0.25, -0.2) is 0 Å². The normalized spacial score (nSPS) is 17.2. The number of guanidine groups is 1. The molecular formula is C11H21N3O2. The Bertz CT molecular complexity index is 248. The molecule has 1 fully saturated rings. The third kappa shape index (κ3) is 4.51. The summed E-state index contributed by atoms with van der Waals surface area (Å²) in [4.78, 5) is 15.0. The predicted octanol–water partition coefficient (Wildman–Crippen LogP) is 0.657. The molecule has 0 spiro atoms. The Balaban J connectivity index is 2.19. The van der Waals surface area contributed by atoms with Crippen LogP contribution in [0.2, 0.25) is 0 Å². The molecule has 0 saturated heterocycles. The first kappa shape index (κ1) is 12.8. The van der Waals surface area contributed by atoms with Gasteiger partial charge in [0.25, 0.3) is 0 Å². The summed E-state index contributed by atoms with van der Waals surface area (Å²) in [7, 11) is 3.14. The Morgan fingerprint density at radius 2 is 2.12 bits per heavy atom. The minimum Gasteiger partial charge on any atom is -0.469 e. The summed E-state index contributed by atoms with van der Waals surface area (Å²) in [6.45, 7) is 0.555. The Morgan fingerprint density at radius 3 is 2.69 bits per heavy atom. The third-order valence-corrected chi connectivity index (χ3v) is 2.77. The van der Waals surface area contributed by atoms with E-state index < -0.39 is 0 Å². The van der Waals surface area contributed by atoms with Crippen LogP contribution in [-0.2, 0) is 9.53 Å². The van der Waals surface area contributed by atoms with Gasteiger partial charge in [0.2, 0.25) is 0 Å². The minimum absolute atomic E-state index is 0.205. The van der Waals surface area contributed by atoms with E-state index in [0.29, 0.717) is 19.0 Å². The smallest absolute Gasteiger partial charge is 0.307 e. The number of nitrogens with zero attached hydrogens (tertiary/aromatic N) is 1. The number of carbonyl (C=O) groups excluding carboxylic acids is 1. The summed E-state index contributed by atoms with van der Waals surface area (Å²) in [6, 6.07) is 0.532. The van der Waals surface area contributed by atoms with Crippen molar-refractivity contribution < 1.29 is 9.53 Å². The van der Waals surface area contributed by atoms with Crippen LogP contribution in [-0.4, -0.2) is 38.7 Å². The number of hydrogen-bond donors (Lipinski definition) is 2. The maximum absolute atomic E-state index is 10.9. The highest BCUT2D eigenvalue weighted by Gasteiger charge is 2.15. The number of carbonyl (C=O) groups is 1. The summed E-state index contributed by atoms with van der Waals surface area (Å²) in [5.74, 6) is 0.569. The first-order chi connectivity index (χ1) is 7.76. The fraction of sp³-hybridized carbons (Fsp3) is 0.818. The Labute approximate surface area is 96.7 Å². The summed E-state index contributed by atoms with van der Waals surface area (Å²) < 4.78 is 4.56. The van der Waals surface area contributed by atoms with Crippen molar-refractivity contribution >= 4 is 11.9 Å². The van der Waals surface area contributed by atoms with Crippen molar-refractivity contribution in [2.45, 2.75) is 38.1 Å². The number of hydrogen-bond acceptors (Lipinski definition) is 3. The van der Waals surface area contributed by atoms with E-state index in [1.54, 1.807) is 7.05 Å². The quantitative estimate of drug-likeness (QED) is 0.421. The van der Waals surface area contributed by atoms with Crippen LogP contribution in [0.15, 0.2) is 4.99 Å². The number of nitrogens with one attached hydrogen (secondary N) is 2. The fourth-order valence-electron chi connectivity index (χ4n) is 1.84. The van der Waals surface area contributed by atoms with Crippen molar-refractivity contribution in [1.82, 2.24) is 10.6 Å². The zero-order valence-corrected chi connectivity index (χ0v) is 10.1. The van der Waals surface area contributed by atoms with E-state index in [0.717, 1.165) is 5.96 Å². The second kappa shape index (κ2) is 7.09. The molecular weight excluding hydrogens is 206 g/mol. The van der Waals surface area contributed by atoms with Gasteiger partial charge in [-0.3, -0.25) is 9.79 Å². The lowest BCUT2D eigenvalue weighted by atomic mass is 10.2. The average Bonchev–Trinajstić information content (AvgIpc) is 2.80. The van der Waals surface area contributed by atoms with Gasteiger partial charge >= 0.3 is 5.97 Å². The Kier molecular flexibility index (Phi) is 5.67. The van der Waals surface area contributed by atoms with Gasteiger partial charge in [0.05, 0.1) is 13.5 Å². The minimum atomic E-state index is -0.205. The van der Waals surface area contributed by atoms with Crippen molar-refractivity contribution in [2.75, 3.05) is 20.7 Å². The predicted molar refractivity (Wildman–Crippen MR) is 63.4 cm³/mol. The largest absolute Gasteiger partial charge is 0.469 e. The molecule has 92 valence electrons. The third-order valence-electron chi connectivity index (χ3n) is 2.77. The lowest BCUT2D eigenvalue weighted by Gasteiger charge is -2.16. The van der Waals surface area contributed by atoms with E-state index in [4.69, 9.17) is 0 Å². The van der Waals surface area contributed by atoms with Crippen LogP contribution in [0, 0.1) is 0 Å². The standard InChI is InChI=1S/C11H21N3O2/c1-12-11(13-8-7-10(15)16-2)14-9-5-3-4-6-9/h9H,3-8H2,1-2H3,(H2,12,13,14). The highest BCUT2D eigenvalue weighted by atomic mass is 16.5. The maximum Gasteiger partial charge on any atom is 0.307 e. The van der Waals surface area contributed by atoms with Crippen LogP contribution < -0.4 is 10.6 Å². The summed E-state index contributed by atoms with van der Waals surface area (Å²) in [5, 5.41) is 6.44. The first-order valence-corrected chi connectivity index (χ1v) is 5.80. The van der Waals surface area contributed by atoms with Crippen LogP contribution in [0.4, 0.5) is 0 Å².